The van der Waals surface area contributed by atoms with Crippen molar-refractivity contribution < 1.29 is 27.3 Å². The molecule has 162 valence electrons. The molecule has 2 atom stereocenters. The van der Waals surface area contributed by atoms with Crippen LogP contribution in [-0.4, -0.2) is 61.1 Å². The quantitative estimate of drug-likeness (QED) is 0.466. The Kier molecular flexibility index (Phi) is 6.87. The van der Waals surface area contributed by atoms with Gasteiger partial charge >= 0.3 is 5.97 Å². The second-order valence-electron chi connectivity index (χ2n) is 7.27. The van der Waals surface area contributed by atoms with E-state index < -0.39 is 33.9 Å². The summed E-state index contributed by atoms with van der Waals surface area (Å²) >= 11 is 1.42. The number of sulfone groups is 1. The zero-order valence-electron chi connectivity index (χ0n) is 17.0. The van der Waals surface area contributed by atoms with E-state index >= 15 is 0 Å². The minimum Gasteiger partial charge on any atom is -0.449 e. The van der Waals surface area contributed by atoms with E-state index in [0.29, 0.717) is 28.4 Å². The number of aromatic nitrogens is 1. The fourth-order valence-corrected chi connectivity index (χ4v) is 5.92. The van der Waals surface area contributed by atoms with Crippen LogP contribution < -0.4 is 0 Å². The van der Waals surface area contributed by atoms with Gasteiger partial charge in [0, 0.05) is 29.8 Å². The summed E-state index contributed by atoms with van der Waals surface area (Å²) in [6, 6.07) is 8.42. The van der Waals surface area contributed by atoms with Gasteiger partial charge in [-0.25, -0.2) is 13.2 Å². The summed E-state index contributed by atoms with van der Waals surface area (Å²) in [5.74, 6) is 0.214. The molecule has 0 N–H and O–H groups in total. The molecule has 8 nitrogen and oxygen atoms in total. The van der Waals surface area contributed by atoms with Gasteiger partial charge in [0.05, 0.1) is 22.8 Å². The summed E-state index contributed by atoms with van der Waals surface area (Å²) < 4.78 is 33.8. The summed E-state index contributed by atoms with van der Waals surface area (Å²) in [4.78, 5) is 27.4. The lowest BCUT2D eigenvalue weighted by Crippen LogP contribution is -2.44. The van der Waals surface area contributed by atoms with Crippen LogP contribution in [0.25, 0.3) is 0 Å². The SMILES string of the molecule is Cc1cc(CSc2ccccc2C(=O)OC(C)C(=O)N(C)C2CCS(=O)(=O)C2)no1. The number of thioether (sulfide) groups is 1. The Labute approximate surface area is 179 Å². The van der Waals surface area contributed by atoms with E-state index in [2.05, 4.69) is 5.16 Å². The molecule has 1 aromatic heterocycles. The number of benzene rings is 1. The van der Waals surface area contributed by atoms with Gasteiger partial charge in [-0.05, 0) is 32.4 Å². The molecule has 2 unspecified atom stereocenters. The molecule has 0 aliphatic carbocycles. The molecular weight excluding hydrogens is 428 g/mol. The van der Waals surface area contributed by atoms with E-state index in [1.54, 1.807) is 25.2 Å². The van der Waals surface area contributed by atoms with Gasteiger partial charge in [0.25, 0.3) is 5.91 Å². The van der Waals surface area contributed by atoms with Crippen molar-refractivity contribution in [1.29, 1.82) is 0 Å². The topological polar surface area (TPSA) is 107 Å². The molecule has 1 amide bonds. The third-order valence-corrected chi connectivity index (χ3v) is 7.75. The number of ether oxygens (including phenoxy) is 1. The normalized spacial score (nSPS) is 18.7. The van der Waals surface area contributed by atoms with Crippen LogP contribution in [0.3, 0.4) is 0 Å². The first-order chi connectivity index (χ1) is 14.2. The maximum atomic E-state index is 12.7. The van der Waals surface area contributed by atoms with Crippen molar-refractivity contribution in [2.45, 2.75) is 43.1 Å². The lowest BCUT2D eigenvalue weighted by Gasteiger charge is -2.26. The van der Waals surface area contributed by atoms with Crippen molar-refractivity contribution >= 4 is 33.5 Å². The highest BCUT2D eigenvalue weighted by Gasteiger charge is 2.35. The maximum Gasteiger partial charge on any atom is 0.340 e. The van der Waals surface area contributed by atoms with E-state index in [1.165, 1.54) is 23.6 Å². The Bertz CT molecular complexity index is 1030. The van der Waals surface area contributed by atoms with Crippen molar-refractivity contribution in [2.24, 2.45) is 0 Å². The molecule has 1 aliphatic rings. The van der Waals surface area contributed by atoms with Gasteiger partial charge in [0.2, 0.25) is 0 Å². The van der Waals surface area contributed by atoms with E-state index in [1.807, 2.05) is 19.1 Å². The number of carbonyl (C=O) groups excluding carboxylic acids is 2. The summed E-state index contributed by atoms with van der Waals surface area (Å²) in [7, 11) is -1.57. The molecule has 0 radical (unpaired) electrons. The van der Waals surface area contributed by atoms with Crippen LogP contribution in [0, 0.1) is 6.92 Å². The zero-order valence-corrected chi connectivity index (χ0v) is 18.7. The molecule has 2 aromatic rings. The second kappa shape index (κ2) is 9.22. The molecule has 0 bridgehead atoms. The maximum absolute atomic E-state index is 12.7. The van der Waals surface area contributed by atoms with Crippen LogP contribution >= 0.6 is 11.8 Å². The number of nitrogens with zero attached hydrogens (tertiary/aromatic N) is 2. The third-order valence-electron chi connectivity index (χ3n) is 4.89. The Balaban J connectivity index is 1.63. The number of esters is 1. The van der Waals surface area contributed by atoms with Crippen LogP contribution in [0.1, 0.15) is 35.2 Å². The summed E-state index contributed by atoms with van der Waals surface area (Å²) in [6.45, 7) is 3.30. The lowest BCUT2D eigenvalue weighted by atomic mass is 10.2. The molecule has 3 rings (SSSR count). The number of carbonyl (C=O) groups is 2. The first-order valence-corrected chi connectivity index (χ1v) is 12.3. The lowest BCUT2D eigenvalue weighted by molar-refractivity contribution is -0.140. The van der Waals surface area contributed by atoms with Crippen LogP contribution in [-0.2, 0) is 25.1 Å². The summed E-state index contributed by atoms with van der Waals surface area (Å²) in [5.41, 5.74) is 1.12. The Morgan fingerprint density at radius 2 is 2.10 bits per heavy atom. The predicted octanol–water partition coefficient (Wildman–Crippen LogP) is 2.47. The number of hydrogen-bond donors (Lipinski definition) is 0. The molecule has 10 heteroatoms. The van der Waals surface area contributed by atoms with Crippen molar-refractivity contribution in [3.8, 4) is 0 Å². The molecule has 1 aromatic carbocycles. The minimum atomic E-state index is -3.12. The van der Waals surface area contributed by atoms with Crippen molar-refractivity contribution in [1.82, 2.24) is 10.1 Å². The van der Waals surface area contributed by atoms with Crippen LogP contribution in [0.2, 0.25) is 0 Å². The molecule has 30 heavy (non-hydrogen) atoms. The highest BCUT2D eigenvalue weighted by molar-refractivity contribution is 7.98. The Morgan fingerprint density at radius 1 is 1.37 bits per heavy atom. The van der Waals surface area contributed by atoms with Gasteiger partial charge in [0.1, 0.15) is 5.76 Å². The van der Waals surface area contributed by atoms with Crippen LogP contribution in [0.4, 0.5) is 0 Å². The molecule has 1 aliphatic heterocycles. The highest BCUT2D eigenvalue weighted by Crippen LogP contribution is 2.27. The summed E-state index contributed by atoms with van der Waals surface area (Å²) in [5, 5.41) is 3.94. The molecule has 1 fully saturated rings. The molecular formula is C20H24N2O6S2. The molecule has 0 saturated carbocycles. The second-order valence-corrected chi connectivity index (χ2v) is 10.5. The zero-order chi connectivity index (χ0) is 21.9. The monoisotopic (exact) mass is 452 g/mol. The fraction of sp³-hybridized carbons (Fsp3) is 0.450. The number of rotatable bonds is 7. The average molecular weight is 453 g/mol. The van der Waals surface area contributed by atoms with Gasteiger partial charge in [0.15, 0.2) is 15.9 Å². The van der Waals surface area contributed by atoms with Crippen molar-refractivity contribution in [3.05, 3.63) is 47.3 Å². The van der Waals surface area contributed by atoms with E-state index in [4.69, 9.17) is 9.26 Å². The minimum absolute atomic E-state index is 0.0586. The van der Waals surface area contributed by atoms with E-state index in [-0.39, 0.29) is 11.5 Å². The predicted molar refractivity (Wildman–Crippen MR) is 112 cm³/mol. The number of amides is 1. The van der Waals surface area contributed by atoms with Crippen LogP contribution in [0.15, 0.2) is 39.8 Å². The summed E-state index contributed by atoms with van der Waals surface area (Å²) in [6.07, 6.45) is -0.631. The Hall–Kier alpha value is -2.33. The largest absolute Gasteiger partial charge is 0.449 e. The van der Waals surface area contributed by atoms with Gasteiger partial charge in [-0.15, -0.1) is 11.8 Å². The third kappa shape index (κ3) is 5.42. The van der Waals surface area contributed by atoms with Gasteiger partial charge in [-0.3, -0.25) is 4.79 Å². The first kappa shape index (κ1) is 22.4. The van der Waals surface area contributed by atoms with Crippen LogP contribution in [0.5, 0.6) is 0 Å². The Morgan fingerprint density at radius 3 is 2.73 bits per heavy atom. The van der Waals surface area contributed by atoms with Crippen molar-refractivity contribution in [2.75, 3.05) is 18.6 Å². The highest BCUT2D eigenvalue weighted by atomic mass is 32.2. The van der Waals surface area contributed by atoms with Gasteiger partial charge < -0.3 is 14.2 Å². The fourth-order valence-electron chi connectivity index (χ4n) is 3.22. The number of aryl methyl sites for hydroxylation is 1. The molecule has 1 saturated heterocycles. The smallest absolute Gasteiger partial charge is 0.340 e. The molecule has 0 spiro atoms. The van der Waals surface area contributed by atoms with E-state index in [0.717, 1.165) is 5.69 Å². The van der Waals surface area contributed by atoms with Gasteiger partial charge in [-0.1, -0.05) is 17.3 Å². The number of likely N-dealkylation sites (N-methyl/N-ethyl adjacent to an activating group) is 1. The first-order valence-electron chi connectivity index (χ1n) is 9.48. The average Bonchev–Trinajstić information content (AvgIpc) is 3.29. The van der Waals surface area contributed by atoms with Crippen molar-refractivity contribution in [3.63, 3.8) is 0 Å². The molecule has 2 heterocycles. The standard InChI is InChI=1S/C20H24N2O6S2/c1-13-10-15(21-28-13)11-29-18-7-5-4-6-17(18)20(24)27-14(2)19(23)22(3)16-8-9-30(25,26)12-16/h4-7,10,14,16H,8-9,11-12H2,1-3H3. The van der Waals surface area contributed by atoms with E-state index in [9.17, 15) is 18.0 Å². The van der Waals surface area contributed by atoms with Gasteiger partial charge in [-0.2, -0.15) is 0 Å². The number of hydrogen-bond acceptors (Lipinski definition) is 8.